The standard InChI is InChI=1S/C28H32F2N7O7P/c1-17(37-8-4-5-19(37)15-44-45(39,40)41)14-43-25-10-23-20(9-24(25)42-2)28(32-16-31-23)34-18-11-33-36(12-18)13-26(38)35-22-7-3-6-21(29)27(22)30/h3,6-7,9-12,16-17,19H,4-5,8,13-15H2,1-2H3,(H,35,38)(H,31,32,34)(H2,39,40,41). The van der Waals surface area contributed by atoms with Gasteiger partial charge >= 0.3 is 7.82 Å². The second kappa shape index (κ2) is 13.8. The Hall–Kier alpha value is -4.21. The van der Waals surface area contributed by atoms with E-state index in [2.05, 4.69) is 30.6 Å². The maximum Gasteiger partial charge on any atom is 0.469 e. The van der Waals surface area contributed by atoms with E-state index < -0.39 is 25.4 Å². The fourth-order valence-corrected chi connectivity index (χ4v) is 5.50. The zero-order valence-corrected chi connectivity index (χ0v) is 25.3. The fraction of sp³-hybridized carbons (Fsp3) is 0.357. The van der Waals surface area contributed by atoms with Crippen molar-refractivity contribution < 1.29 is 41.9 Å². The van der Waals surface area contributed by atoms with Crippen LogP contribution in [0.2, 0.25) is 0 Å². The maximum atomic E-state index is 13.9. The zero-order valence-electron chi connectivity index (χ0n) is 24.4. The van der Waals surface area contributed by atoms with E-state index in [-0.39, 0.29) is 37.5 Å². The minimum absolute atomic E-state index is 0.0679. The summed E-state index contributed by atoms with van der Waals surface area (Å²) in [5, 5.41) is 10.2. The average Bonchev–Trinajstić information content (AvgIpc) is 3.66. The number of carbonyl (C=O) groups is 1. The van der Waals surface area contributed by atoms with Gasteiger partial charge in [-0.3, -0.25) is 18.9 Å². The number of halogens is 2. The number of nitrogens with zero attached hydrogens (tertiary/aromatic N) is 5. The molecule has 45 heavy (non-hydrogen) atoms. The molecule has 2 aromatic carbocycles. The number of rotatable bonds is 13. The molecule has 240 valence electrons. The SMILES string of the molecule is COc1cc2c(Nc3cnn(CC(=O)Nc4cccc(F)c4F)c3)ncnc2cc1OCC(C)N1CCCC1COP(=O)(O)O. The minimum atomic E-state index is -4.55. The first-order valence-electron chi connectivity index (χ1n) is 14.0. The highest BCUT2D eigenvalue weighted by molar-refractivity contribution is 7.46. The molecule has 1 aliphatic heterocycles. The van der Waals surface area contributed by atoms with Crippen LogP contribution in [0.3, 0.4) is 0 Å². The molecule has 3 heterocycles. The van der Waals surface area contributed by atoms with Gasteiger partial charge in [-0.1, -0.05) is 6.07 Å². The van der Waals surface area contributed by atoms with Gasteiger partial charge in [0, 0.05) is 29.7 Å². The highest BCUT2D eigenvalue weighted by Crippen LogP contribution is 2.38. The molecule has 2 atom stereocenters. The molecule has 2 unspecified atom stereocenters. The van der Waals surface area contributed by atoms with E-state index in [9.17, 15) is 18.1 Å². The maximum absolute atomic E-state index is 13.9. The van der Waals surface area contributed by atoms with Gasteiger partial charge in [0.25, 0.3) is 0 Å². The Morgan fingerprint density at radius 1 is 1.22 bits per heavy atom. The number of amides is 1. The fourth-order valence-electron chi connectivity index (χ4n) is 5.13. The molecule has 1 fully saturated rings. The van der Waals surface area contributed by atoms with E-state index in [0.29, 0.717) is 33.9 Å². The third-order valence-electron chi connectivity index (χ3n) is 7.25. The summed E-state index contributed by atoms with van der Waals surface area (Å²) in [6, 6.07) is 6.76. The van der Waals surface area contributed by atoms with Crippen LogP contribution in [0.25, 0.3) is 10.9 Å². The van der Waals surface area contributed by atoms with E-state index >= 15 is 0 Å². The van der Waals surface area contributed by atoms with Crippen molar-refractivity contribution in [2.45, 2.75) is 38.4 Å². The molecular weight excluding hydrogens is 615 g/mol. The molecule has 0 spiro atoms. The highest BCUT2D eigenvalue weighted by atomic mass is 31.2. The van der Waals surface area contributed by atoms with Gasteiger partial charge in [0.15, 0.2) is 23.1 Å². The Morgan fingerprint density at radius 3 is 2.82 bits per heavy atom. The molecule has 2 aromatic heterocycles. The average molecular weight is 648 g/mol. The van der Waals surface area contributed by atoms with Crippen molar-refractivity contribution in [1.82, 2.24) is 24.6 Å². The summed E-state index contributed by atoms with van der Waals surface area (Å²) in [5.41, 5.74) is 0.808. The first-order valence-corrected chi connectivity index (χ1v) is 15.5. The third kappa shape index (κ3) is 8.09. The molecule has 5 rings (SSSR count). The molecule has 14 nitrogen and oxygen atoms in total. The Bertz CT molecular complexity index is 1720. The predicted octanol–water partition coefficient (Wildman–Crippen LogP) is 3.84. The number of ether oxygens (including phenoxy) is 2. The summed E-state index contributed by atoms with van der Waals surface area (Å²) in [6.07, 6.45) is 6.06. The summed E-state index contributed by atoms with van der Waals surface area (Å²) in [4.78, 5) is 41.3. The number of methoxy groups -OCH3 is 1. The smallest absolute Gasteiger partial charge is 0.469 e. The summed E-state index contributed by atoms with van der Waals surface area (Å²) >= 11 is 0. The molecule has 4 N–H and O–H groups in total. The molecule has 0 aliphatic carbocycles. The molecule has 0 radical (unpaired) electrons. The van der Waals surface area contributed by atoms with Gasteiger partial charge in [0.1, 0.15) is 25.3 Å². The lowest BCUT2D eigenvalue weighted by Crippen LogP contribution is -2.42. The van der Waals surface area contributed by atoms with Crippen LogP contribution in [-0.2, 0) is 20.4 Å². The summed E-state index contributed by atoms with van der Waals surface area (Å²) in [5.74, 6) is -1.47. The van der Waals surface area contributed by atoms with Crippen molar-refractivity contribution in [2.24, 2.45) is 0 Å². The highest BCUT2D eigenvalue weighted by Gasteiger charge is 2.31. The number of phosphoric ester groups is 1. The van der Waals surface area contributed by atoms with E-state index in [1.807, 2.05) is 6.92 Å². The van der Waals surface area contributed by atoms with Crippen LogP contribution in [0.15, 0.2) is 49.1 Å². The predicted molar refractivity (Wildman–Crippen MR) is 159 cm³/mol. The van der Waals surface area contributed by atoms with E-state index in [4.69, 9.17) is 23.8 Å². The normalized spacial score (nSPS) is 16.1. The van der Waals surface area contributed by atoms with E-state index in [1.54, 1.807) is 18.3 Å². The minimum Gasteiger partial charge on any atom is -0.493 e. The number of likely N-dealkylation sites (tertiary alicyclic amines) is 1. The van der Waals surface area contributed by atoms with Crippen LogP contribution < -0.4 is 20.1 Å². The molecule has 0 saturated carbocycles. The summed E-state index contributed by atoms with van der Waals surface area (Å²) in [7, 11) is -3.04. The lowest BCUT2D eigenvalue weighted by Gasteiger charge is -2.30. The van der Waals surface area contributed by atoms with Crippen LogP contribution in [0.4, 0.5) is 26.0 Å². The second-order valence-corrected chi connectivity index (χ2v) is 11.7. The summed E-state index contributed by atoms with van der Waals surface area (Å²) in [6.45, 7) is 2.69. The van der Waals surface area contributed by atoms with Crippen LogP contribution in [0, 0.1) is 11.6 Å². The number of fused-ring (bicyclic) bond motifs is 1. The molecular formula is C28H32F2N7O7P. The second-order valence-electron chi connectivity index (χ2n) is 10.4. The van der Waals surface area contributed by atoms with Gasteiger partial charge in [-0.05, 0) is 44.5 Å². The monoisotopic (exact) mass is 647 g/mol. The molecule has 4 aromatic rings. The van der Waals surface area contributed by atoms with Crippen LogP contribution in [-0.4, -0.2) is 79.3 Å². The third-order valence-corrected chi connectivity index (χ3v) is 7.74. The molecule has 1 aliphatic rings. The first kappa shape index (κ1) is 32.2. The quantitative estimate of drug-likeness (QED) is 0.155. The lowest BCUT2D eigenvalue weighted by molar-refractivity contribution is -0.116. The van der Waals surface area contributed by atoms with Gasteiger partial charge in [-0.25, -0.2) is 23.3 Å². The Morgan fingerprint density at radius 2 is 2.04 bits per heavy atom. The number of anilines is 3. The van der Waals surface area contributed by atoms with Crippen molar-refractivity contribution in [3.8, 4) is 11.5 Å². The Kier molecular flexibility index (Phi) is 9.90. The molecule has 17 heteroatoms. The Balaban J connectivity index is 1.24. The van der Waals surface area contributed by atoms with Crippen LogP contribution in [0.1, 0.15) is 19.8 Å². The summed E-state index contributed by atoms with van der Waals surface area (Å²) < 4.78 is 56.3. The van der Waals surface area contributed by atoms with Gasteiger partial charge < -0.3 is 29.9 Å². The topological polar surface area (TPSA) is 173 Å². The zero-order chi connectivity index (χ0) is 32.1. The van der Waals surface area contributed by atoms with Crippen molar-refractivity contribution in [1.29, 1.82) is 0 Å². The van der Waals surface area contributed by atoms with Crippen LogP contribution in [0.5, 0.6) is 11.5 Å². The van der Waals surface area contributed by atoms with Gasteiger partial charge in [-0.15, -0.1) is 0 Å². The number of carbonyl (C=O) groups excluding carboxylic acids is 1. The number of aromatic nitrogens is 4. The van der Waals surface area contributed by atoms with Gasteiger partial charge in [0.05, 0.1) is 36.8 Å². The van der Waals surface area contributed by atoms with Gasteiger partial charge in [-0.2, -0.15) is 5.10 Å². The number of hydrogen-bond acceptors (Lipinski definition) is 10. The van der Waals surface area contributed by atoms with Crippen molar-refractivity contribution in [3.63, 3.8) is 0 Å². The largest absolute Gasteiger partial charge is 0.493 e. The van der Waals surface area contributed by atoms with Gasteiger partial charge in [0.2, 0.25) is 5.91 Å². The number of nitrogens with one attached hydrogen (secondary N) is 2. The number of phosphoric acid groups is 1. The van der Waals surface area contributed by atoms with Crippen molar-refractivity contribution in [3.05, 3.63) is 60.7 Å². The molecule has 1 saturated heterocycles. The van der Waals surface area contributed by atoms with E-state index in [0.717, 1.165) is 25.5 Å². The Labute approximate surface area is 256 Å². The van der Waals surface area contributed by atoms with E-state index in [1.165, 1.54) is 36.4 Å². The van der Waals surface area contributed by atoms with Crippen LogP contribution >= 0.6 is 7.82 Å². The van der Waals surface area contributed by atoms with Crippen molar-refractivity contribution in [2.75, 3.05) is 37.5 Å². The molecule has 1 amide bonds. The van der Waals surface area contributed by atoms with Crippen molar-refractivity contribution >= 4 is 41.8 Å². The first-order chi connectivity index (χ1) is 21.5. The number of hydrogen-bond donors (Lipinski definition) is 4. The molecule has 0 bridgehead atoms. The number of benzene rings is 2. The lowest BCUT2D eigenvalue weighted by atomic mass is 10.2.